The number of aryl methyl sites for hydroxylation is 1. The monoisotopic (exact) mass is 179 g/mol. The van der Waals surface area contributed by atoms with E-state index in [1.54, 1.807) is 6.20 Å². The Kier molecular flexibility index (Phi) is 2.71. The molecule has 0 amide bonds. The second kappa shape index (κ2) is 3.46. The summed E-state index contributed by atoms with van der Waals surface area (Å²) < 4.78 is 0. The Labute approximate surface area is 79.6 Å². The van der Waals surface area contributed by atoms with Crippen LogP contribution in [0.5, 0.6) is 0 Å². The molecule has 13 heavy (non-hydrogen) atoms. The summed E-state index contributed by atoms with van der Waals surface area (Å²) in [5.74, 6) is 0. The third-order valence-electron chi connectivity index (χ3n) is 2.04. The van der Waals surface area contributed by atoms with Crippen LogP contribution < -0.4 is 0 Å². The Morgan fingerprint density at radius 2 is 2.00 bits per heavy atom. The van der Waals surface area contributed by atoms with Gasteiger partial charge in [0, 0.05) is 6.20 Å². The minimum absolute atomic E-state index is 0.152. The Balaban J connectivity index is 2.96. The van der Waals surface area contributed by atoms with Crippen molar-refractivity contribution in [2.75, 3.05) is 0 Å². The van der Waals surface area contributed by atoms with E-state index in [-0.39, 0.29) is 5.41 Å². The summed E-state index contributed by atoms with van der Waals surface area (Å²) in [6.45, 7) is 8.01. The minimum Gasteiger partial charge on any atom is -0.386 e. The van der Waals surface area contributed by atoms with Crippen LogP contribution >= 0.6 is 0 Å². The third-order valence-corrected chi connectivity index (χ3v) is 2.04. The van der Waals surface area contributed by atoms with Gasteiger partial charge in [-0.25, -0.2) is 0 Å². The maximum Gasteiger partial charge on any atom is 0.101 e. The normalized spacial score (nSPS) is 14.2. The van der Waals surface area contributed by atoms with Crippen LogP contribution in [0.1, 0.15) is 38.1 Å². The molecule has 0 aliphatic rings. The highest BCUT2D eigenvalue weighted by Gasteiger charge is 2.24. The molecule has 0 bridgehead atoms. The van der Waals surface area contributed by atoms with Gasteiger partial charge in [-0.2, -0.15) is 0 Å². The lowest BCUT2D eigenvalue weighted by molar-refractivity contribution is 0.0589. The van der Waals surface area contributed by atoms with Crippen molar-refractivity contribution in [3.8, 4) is 0 Å². The minimum atomic E-state index is -0.493. The van der Waals surface area contributed by atoms with E-state index in [0.29, 0.717) is 0 Å². The van der Waals surface area contributed by atoms with E-state index in [1.807, 2.05) is 39.8 Å². The average Bonchev–Trinajstić information content (AvgIpc) is 2.01. The third kappa shape index (κ3) is 2.52. The predicted octanol–water partition coefficient (Wildman–Crippen LogP) is 2.47. The van der Waals surface area contributed by atoms with Crippen molar-refractivity contribution in [3.05, 3.63) is 29.6 Å². The quantitative estimate of drug-likeness (QED) is 0.718. The van der Waals surface area contributed by atoms with Gasteiger partial charge in [0.15, 0.2) is 0 Å². The van der Waals surface area contributed by atoms with Crippen LogP contribution in [-0.2, 0) is 0 Å². The number of rotatable bonds is 1. The molecule has 1 rings (SSSR count). The van der Waals surface area contributed by atoms with Crippen molar-refractivity contribution in [1.82, 2.24) is 4.98 Å². The SMILES string of the molecule is Cc1ccnc(C(O)C(C)(C)C)c1. The zero-order valence-electron chi connectivity index (χ0n) is 8.70. The van der Waals surface area contributed by atoms with Crippen molar-refractivity contribution >= 4 is 0 Å². The summed E-state index contributed by atoms with van der Waals surface area (Å²) in [6, 6.07) is 3.86. The van der Waals surface area contributed by atoms with Gasteiger partial charge in [0.2, 0.25) is 0 Å². The molecule has 0 aliphatic heterocycles. The first-order valence-electron chi connectivity index (χ1n) is 4.52. The van der Waals surface area contributed by atoms with E-state index in [0.717, 1.165) is 11.3 Å². The molecular formula is C11H17NO. The first kappa shape index (κ1) is 10.2. The van der Waals surface area contributed by atoms with Crippen molar-refractivity contribution in [2.24, 2.45) is 5.41 Å². The molecule has 1 aromatic rings. The predicted molar refractivity (Wildman–Crippen MR) is 53.4 cm³/mol. The molecule has 1 heterocycles. The van der Waals surface area contributed by atoms with Crippen LogP contribution in [0.2, 0.25) is 0 Å². The second-order valence-electron chi connectivity index (χ2n) is 4.53. The Morgan fingerprint density at radius 1 is 1.38 bits per heavy atom. The number of pyridine rings is 1. The molecule has 2 nitrogen and oxygen atoms in total. The van der Waals surface area contributed by atoms with Gasteiger partial charge in [-0.1, -0.05) is 20.8 Å². The zero-order valence-corrected chi connectivity index (χ0v) is 8.70. The van der Waals surface area contributed by atoms with Gasteiger partial charge in [-0.15, -0.1) is 0 Å². The summed E-state index contributed by atoms with van der Waals surface area (Å²) >= 11 is 0. The van der Waals surface area contributed by atoms with Crippen molar-refractivity contribution in [1.29, 1.82) is 0 Å². The van der Waals surface area contributed by atoms with Gasteiger partial charge in [-0.3, -0.25) is 4.98 Å². The number of nitrogens with zero attached hydrogens (tertiary/aromatic N) is 1. The van der Waals surface area contributed by atoms with Crippen LogP contribution in [0.4, 0.5) is 0 Å². The number of aromatic nitrogens is 1. The fourth-order valence-electron chi connectivity index (χ4n) is 1.15. The molecule has 0 aliphatic carbocycles. The lowest BCUT2D eigenvalue weighted by Crippen LogP contribution is -2.18. The molecule has 0 aromatic carbocycles. The second-order valence-corrected chi connectivity index (χ2v) is 4.53. The first-order chi connectivity index (χ1) is 5.91. The highest BCUT2D eigenvalue weighted by Crippen LogP contribution is 2.31. The van der Waals surface area contributed by atoms with Crippen LogP contribution in [0.15, 0.2) is 18.3 Å². The van der Waals surface area contributed by atoms with Gasteiger partial charge >= 0.3 is 0 Å². The standard InChI is InChI=1S/C11H17NO/c1-8-5-6-12-9(7-8)10(13)11(2,3)4/h5-7,10,13H,1-4H3. The molecular weight excluding hydrogens is 162 g/mol. The molecule has 0 radical (unpaired) electrons. The smallest absolute Gasteiger partial charge is 0.101 e. The lowest BCUT2D eigenvalue weighted by Gasteiger charge is -2.25. The zero-order chi connectivity index (χ0) is 10.1. The van der Waals surface area contributed by atoms with Crippen LogP contribution in [0.25, 0.3) is 0 Å². The van der Waals surface area contributed by atoms with Crippen LogP contribution in [0.3, 0.4) is 0 Å². The highest BCUT2D eigenvalue weighted by molar-refractivity contribution is 5.17. The molecule has 2 heteroatoms. The number of hydrogen-bond acceptors (Lipinski definition) is 2. The Hall–Kier alpha value is -0.890. The average molecular weight is 179 g/mol. The number of aliphatic hydroxyl groups is 1. The van der Waals surface area contributed by atoms with E-state index >= 15 is 0 Å². The maximum atomic E-state index is 9.92. The summed E-state index contributed by atoms with van der Waals surface area (Å²) in [5, 5.41) is 9.92. The van der Waals surface area contributed by atoms with E-state index in [9.17, 15) is 5.11 Å². The van der Waals surface area contributed by atoms with Gasteiger partial charge in [0.05, 0.1) is 5.69 Å². The highest BCUT2D eigenvalue weighted by atomic mass is 16.3. The molecule has 1 N–H and O–H groups in total. The van der Waals surface area contributed by atoms with E-state index in [1.165, 1.54) is 0 Å². The van der Waals surface area contributed by atoms with Gasteiger partial charge in [0.25, 0.3) is 0 Å². The van der Waals surface area contributed by atoms with Gasteiger partial charge in [-0.05, 0) is 30.0 Å². The first-order valence-corrected chi connectivity index (χ1v) is 4.52. The van der Waals surface area contributed by atoms with E-state index < -0.39 is 6.10 Å². The number of hydrogen-bond donors (Lipinski definition) is 1. The largest absolute Gasteiger partial charge is 0.386 e. The van der Waals surface area contributed by atoms with Gasteiger partial charge < -0.3 is 5.11 Å². The molecule has 1 atom stereocenters. The molecule has 1 unspecified atom stereocenters. The van der Waals surface area contributed by atoms with E-state index in [2.05, 4.69) is 4.98 Å². The maximum absolute atomic E-state index is 9.92. The fraction of sp³-hybridized carbons (Fsp3) is 0.545. The molecule has 0 saturated heterocycles. The topological polar surface area (TPSA) is 33.1 Å². The van der Waals surface area contributed by atoms with Crippen molar-refractivity contribution in [2.45, 2.75) is 33.8 Å². The van der Waals surface area contributed by atoms with Crippen LogP contribution in [0, 0.1) is 12.3 Å². The number of aliphatic hydroxyl groups excluding tert-OH is 1. The van der Waals surface area contributed by atoms with Crippen molar-refractivity contribution in [3.63, 3.8) is 0 Å². The summed E-state index contributed by atoms with van der Waals surface area (Å²) in [6.07, 6.45) is 1.24. The molecule has 0 fully saturated rings. The summed E-state index contributed by atoms with van der Waals surface area (Å²) in [4.78, 5) is 4.16. The molecule has 1 aromatic heterocycles. The lowest BCUT2D eigenvalue weighted by atomic mass is 9.87. The molecule has 0 spiro atoms. The fourth-order valence-corrected chi connectivity index (χ4v) is 1.15. The summed E-state index contributed by atoms with van der Waals surface area (Å²) in [5.41, 5.74) is 1.74. The molecule has 72 valence electrons. The van der Waals surface area contributed by atoms with E-state index in [4.69, 9.17) is 0 Å². The molecule has 0 saturated carbocycles. The van der Waals surface area contributed by atoms with Gasteiger partial charge in [0.1, 0.15) is 6.10 Å². The Bertz CT molecular complexity index is 288. The van der Waals surface area contributed by atoms with Crippen molar-refractivity contribution < 1.29 is 5.11 Å². The van der Waals surface area contributed by atoms with Crippen LogP contribution in [-0.4, -0.2) is 10.1 Å². The Morgan fingerprint density at radius 3 is 2.46 bits per heavy atom. The summed E-state index contributed by atoms with van der Waals surface area (Å²) in [7, 11) is 0.